The summed E-state index contributed by atoms with van der Waals surface area (Å²) in [6, 6.07) is 0.131. The van der Waals surface area contributed by atoms with E-state index in [0.29, 0.717) is 6.54 Å². The van der Waals surface area contributed by atoms with E-state index in [9.17, 15) is 9.59 Å². The van der Waals surface area contributed by atoms with Crippen molar-refractivity contribution in [2.75, 3.05) is 7.05 Å². The highest BCUT2D eigenvalue weighted by molar-refractivity contribution is 5.25. The van der Waals surface area contributed by atoms with Crippen molar-refractivity contribution < 1.29 is 0 Å². The topological polar surface area (TPSA) is 47.2 Å². The minimum atomic E-state index is -0.249. The third kappa shape index (κ3) is 1.19. The Balaban J connectivity index is 2.87. The summed E-state index contributed by atoms with van der Waals surface area (Å²) in [5, 5.41) is 0. The SMILES string of the molecule is CC1c2c(c(=O)n(C)c(=O)n2C)CN1C. The number of fused-ring (bicyclic) bond motifs is 1. The first-order valence-electron chi connectivity index (χ1n) is 4.94. The van der Waals surface area contributed by atoms with Crippen LogP contribution >= 0.6 is 0 Å². The third-order valence-electron chi connectivity index (χ3n) is 3.27. The average molecular weight is 209 g/mol. The molecule has 15 heavy (non-hydrogen) atoms. The van der Waals surface area contributed by atoms with E-state index in [2.05, 4.69) is 4.90 Å². The quantitative estimate of drug-likeness (QED) is 0.583. The van der Waals surface area contributed by atoms with E-state index in [1.165, 1.54) is 11.6 Å². The van der Waals surface area contributed by atoms with Crippen molar-refractivity contribution in [3.8, 4) is 0 Å². The lowest BCUT2D eigenvalue weighted by molar-refractivity contribution is 0.280. The summed E-state index contributed by atoms with van der Waals surface area (Å²) in [5.74, 6) is 0. The van der Waals surface area contributed by atoms with Crippen molar-refractivity contribution in [2.24, 2.45) is 14.1 Å². The molecule has 1 aliphatic heterocycles. The molecule has 1 aliphatic rings. The lowest BCUT2D eigenvalue weighted by atomic mass is 10.2. The van der Waals surface area contributed by atoms with Gasteiger partial charge in [-0.1, -0.05) is 0 Å². The van der Waals surface area contributed by atoms with E-state index >= 15 is 0 Å². The fourth-order valence-corrected chi connectivity index (χ4v) is 2.21. The number of hydrogen-bond donors (Lipinski definition) is 0. The number of hydrogen-bond acceptors (Lipinski definition) is 3. The smallest absolute Gasteiger partial charge is 0.299 e. The Labute approximate surface area is 87.6 Å². The Morgan fingerprint density at radius 2 is 1.73 bits per heavy atom. The molecule has 0 spiro atoms. The van der Waals surface area contributed by atoms with Crippen LogP contribution in [0.25, 0.3) is 0 Å². The third-order valence-corrected chi connectivity index (χ3v) is 3.27. The van der Waals surface area contributed by atoms with E-state index < -0.39 is 0 Å². The molecule has 5 nitrogen and oxygen atoms in total. The van der Waals surface area contributed by atoms with Crippen molar-refractivity contribution in [1.29, 1.82) is 0 Å². The van der Waals surface area contributed by atoms with Crippen LogP contribution in [-0.4, -0.2) is 21.1 Å². The fraction of sp³-hybridized carbons (Fsp3) is 0.600. The van der Waals surface area contributed by atoms with Crippen LogP contribution in [0.5, 0.6) is 0 Å². The van der Waals surface area contributed by atoms with Crippen LogP contribution in [0.1, 0.15) is 24.2 Å². The van der Waals surface area contributed by atoms with E-state index in [1.54, 1.807) is 11.6 Å². The molecule has 0 aliphatic carbocycles. The Kier molecular flexibility index (Phi) is 2.08. The molecule has 2 heterocycles. The highest BCUT2D eigenvalue weighted by atomic mass is 16.2. The predicted octanol–water partition coefficient (Wildman–Crippen LogP) is -0.410. The molecule has 1 unspecified atom stereocenters. The monoisotopic (exact) mass is 209 g/mol. The molecule has 0 amide bonds. The molecule has 0 bridgehead atoms. The van der Waals surface area contributed by atoms with E-state index in [-0.39, 0.29) is 17.3 Å². The van der Waals surface area contributed by atoms with Gasteiger partial charge in [0.25, 0.3) is 5.56 Å². The second-order valence-electron chi connectivity index (χ2n) is 4.16. The van der Waals surface area contributed by atoms with Gasteiger partial charge >= 0.3 is 5.69 Å². The van der Waals surface area contributed by atoms with Gasteiger partial charge in [0.15, 0.2) is 0 Å². The largest absolute Gasteiger partial charge is 0.330 e. The molecule has 2 rings (SSSR count). The molecule has 0 radical (unpaired) electrons. The van der Waals surface area contributed by atoms with Gasteiger partial charge in [-0.05, 0) is 14.0 Å². The van der Waals surface area contributed by atoms with Crippen LogP contribution in [0.2, 0.25) is 0 Å². The van der Waals surface area contributed by atoms with Gasteiger partial charge in [0, 0.05) is 32.4 Å². The van der Waals surface area contributed by atoms with Crippen molar-refractivity contribution in [2.45, 2.75) is 19.5 Å². The average Bonchev–Trinajstić information content (AvgIpc) is 2.50. The van der Waals surface area contributed by atoms with Crippen LogP contribution in [0.15, 0.2) is 9.59 Å². The molecule has 1 aromatic heterocycles. The highest BCUT2D eigenvalue weighted by Gasteiger charge is 2.29. The minimum absolute atomic E-state index is 0.131. The maximum absolute atomic E-state index is 11.8. The fourth-order valence-electron chi connectivity index (χ4n) is 2.21. The standard InChI is InChI=1S/C10H15N3O2/c1-6-8-7(5-11(6)2)9(14)13(4)10(15)12(8)3/h6H,5H2,1-4H3. The molecular weight excluding hydrogens is 194 g/mol. The predicted molar refractivity (Wildman–Crippen MR) is 56.8 cm³/mol. The zero-order chi connectivity index (χ0) is 11.3. The van der Waals surface area contributed by atoms with E-state index in [4.69, 9.17) is 0 Å². The molecule has 0 fully saturated rings. The van der Waals surface area contributed by atoms with Crippen LogP contribution < -0.4 is 11.2 Å². The molecular formula is C10H15N3O2. The van der Waals surface area contributed by atoms with Crippen LogP contribution in [0, 0.1) is 0 Å². The molecule has 0 N–H and O–H groups in total. The van der Waals surface area contributed by atoms with Gasteiger partial charge in [-0.2, -0.15) is 0 Å². The van der Waals surface area contributed by atoms with Crippen LogP contribution in [-0.2, 0) is 20.6 Å². The maximum Gasteiger partial charge on any atom is 0.330 e. The lowest BCUT2D eigenvalue weighted by Crippen LogP contribution is -2.40. The molecule has 0 aromatic carbocycles. The Hall–Kier alpha value is -1.36. The Morgan fingerprint density at radius 1 is 1.13 bits per heavy atom. The van der Waals surface area contributed by atoms with Gasteiger partial charge in [0.05, 0.1) is 5.56 Å². The summed E-state index contributed by atoms with van der Waals surface area (Å²) >= 11 is 0. The van der Waals surface area contributed by atoms with Gasteiger partial charge in [0.2, 0.25) is 0 Å². The number of rotatable bonds is 0. The summed E-state index contributed by atoms with van der Waals surface area (Å²) in [6.07, 6.45) is 0. The Morgan fingerprint density at radius 3 is 2.33 bits per heavy atom. The van der Waals surface area contributed by atoms with E-state index in [0.717, 1.165) is 11.3 Å². The van der Waals surface area contributed by atoms with Gasteiger partial charge in [-0.25, -0.2) is 4.79 Å². The zero-order valence-corrected chi connectivity index (χ0v) is 9.44. The first-order chi connectivity index (χ1) is 6.95. The van der Waals surface area contributed by atoms with Gasteiger partial charge in [-0.15, -0.1) is 0 Å². The highest BCUT2D eigenvalue weighted by Crippen LogP contribution is 2.27. The second kappa shape index (κ2) is 3.06. The molecule has 0 saturated carbocycles. The summed E-state index contributed by atoms with van der Waals surface area (Å²) in [6.45, 7) is 2.63. The first-order valence-corrected chi connectivity index (χ1v) is 4.94. The second-order valence-corrected chi connectivity index (χ2v) is 4.16. The molecule has 1 atom stereocenters. The summed E-state index contributed by atoms with van der Waals surface area (Å²) in [4.78, 5) is 25.6. The Bertz CT molecular complexity index is 527. The van der Waals surface area contributed by atoms with Crippen molar-refractivity contribution in [1.82, 2.24) is 14.0 Å². The molecule has 82 valence electrons. The zero-order valence-electron chi connectivity index (χ0n) is 9.44. The first kappa shape index (κ1) is 10.2. The normalized spacial score (nSPS) is 20.7. The van der Waals surface area contributed by atoms with Gasteiger partial charge in [-0.3, -0.25) is 18.8 Å². The van der Waals surface area contributed by atoms with Crippen molar-refractivity contribution in [3.63, 3.8) is 0 Å². The van der Waals surface area contributed by atoms with Crippen LogP contribution in [0.4, 0.5) is 0 Å². The van der Waals surface area contributed by atoms with Gasteiger partial charge in [0.1, 0.15) is 0 Å². The lowest BCUT2D eigenvalue weighted by Gasteiger charge is -2.16. The maximum atomic E-state index is 11.8. The summed E-state index contributed by atoms with van der Waals surface area (Å²) < 4.78 is 2.75. The summed E-state index contributed by atoms with van der Waals surface area (Å²) in [5.41, 5.74) is 1.19. The van der Waals surface area contributed by atoms with Crippen molar-refractivity contribution >= 4 is 0 Å². The van der Waals surface area contributed by atoms with Crippen molar-refractivity contribution in [3.05, 3.63) is 32.1 Å². The molecule has 0 saturated heterocycles. The van der Waals surface area contributed by atoms with Gasteiger partial charge < -0.3 is 0 Å². The summed E-state index contributed by atoms with van der Waals surface area (Å²) in [7, 11) is 5.19. The van der Waals surface area contributed by atoms with Crippen LogP contribution in [0.3, 0.4) is 0 Å². The van der Waals surface area contributed by atoms with E-state index in [1.807, 2.05) is 14.0 Å². The molecule has 1 aromatic rings. The number of nitrogens with zero attached hydrogens (tertiary/aromatic N) is 3. The number of aromatic nitrogens is 2. The minimum Gasteiger partial charge on any atom is -0.299 e. The molecule has 5 heteroatoms.